The van der Waals surface area contributed by atoms with Crippen molar-refractivity contribution in [2.45, 2.75) is 32.7 Å². The molecule has 2 fully saturated rings. The lowest BCUT2D eigenvalue weighted by molar-refractivity contribution is -0.124. The number of imide groups is 1. The van der Waals surface area contributed by atoms with E-state index in [2.05, 4.69) is 39.3 Å². The van der Waals surface area contributed by atoms with E-state index in [0.717, 1.165) is 45.0 Å². The van der Waals surface area contributed by atoms with Gasteiger partial charge in [-0.25, -0.2) is 4.79 Å². The van der Waals surface area contributed by atoms with Crippen LogP contribution in [0, 0.1) is 0 Å². The van der Waals surface area contributed by atoms with Crippen molar-refractivity contribution in [3.05, 3.63) is 12.2 Å². The first-order valence-electron chi connectivity index (χ1n) is 8.99. The van der Waals surface area contributed by atoms with Gasteiger partial charge >= 0.3 is 6.03 Å². The van der Waals surface area contributed by atoms with E-state index < -0.39 is 0 Å². The predicted octanol–water partition coefficient (Wildman–Crippen LogP) is 0.134. The van der Waals surface area contributed by atoms with Crippen LogP contribution in [-0.4, -0.2) is 79.6 Å². The summed E-state index contributed by atoms with van der Waals surface area (Å²) in [7, 11) is 0. The molecule has 0 aromatic heterocycles. The Kier molecular flexibility index (Phi) is 7.24. The second kappa shape index (κ2) is 9.41. The number of carbonyl (C=O) groups is 2. The molecule has 0 unspecified atom stereocenters. The smallest absolute Gasteiger partial charge is 0.324 e. The maximum Gasteiger partial charge on any atom is 0.324 e. The van der Waals surface area contributed by atoms with Gasteiger partial charge in [0.05, 0.1) is 19.6 Å². The summed E-state index contributed by atoms with van der Waals surface area (Å²) in [4.78, 5) is 31.2. The van der Waals surface area contributed by atoms with Gasteiger partial charge in [0.2, 0.25) is 5.91 Å². The third kappa shape index (κ3) is 6.04. The van der Waals surface area contributed by atoms with Crippen molar-refractivity contribution >= 4 is 17.9 Å². The van der Waals surface area contributed by atoms with Gasteiger partial charge in [-0.15, -0.1) is 0 Å². The van der Waals surface area contributed by atoms with Crippen molar-refractivity contribution in [3.63, 3.8) is 0 Å². The maximum atomic E-state index is 11.6. The predicted molar refractivity (Wildman–Crippen MR) is 98.5 cm³/mol. The van der Waals surface area contributed by atoms with Crippen LogP contribution in [0.4, 0.5) is 4.79 Å². The number of nitrogens with zero attached hydrogens (tertiary/aromatic N) is 3. The average Bonchev–Trinajstić information content (AvgIpc) is 2.88. The van der Waals surface area contributed by atoms with Gasteiger partial charge in [0.15, 0.2) is 5.96 Å². The number of amides is 3. The molecule has 0 aromatic carbocycles. The first-order valence-corrected chi connectivity index (χ1v) is 8.99. The Labute approximate surface area is 149 Å². The average molecular weight is 350 g/mol. The summed E-state index contributed by atoms with van der Waals surface area (Å²) in [6.07, 6.45) is 2.12. The molecular weight excluding hydrogens is 320 g/mol. The maximum absolute atomic E-state index is 11.6. The molecule has 0 atom stereocenters. The van der Waals surface area contributed by atoms with Crippen molar-refractivity contribution < 1.29 is 9.59 Å². The largest absolute Gasteiger partial charge is 0.357 e. The molecule has 0 spiro atoms. The lowest BCUT2D eigenvalue weighted by Gasteiger charge is -2.33. The Hall–Kier alpha value is -2.09. The molecule has 0 aromatic rings. The zero-order valence-corrected chi connectivity index (χ0v) is 15.3. The number of nitrogens with one attached hydrogen (secondary N) is 3. The van der Waals surface area contributed by atoms with E-state index in [0.29, 0.717) is 19.1 Å². The zero-order valence-electron chi connectivity index (χ0n) is 15.3. The lowest BCUT2D eigenvalue weighted by Crippen LogP contribution is -2.49. The van der Waals surface area contributed by atoms with Crippen LogP contribution in [0.25, 0.3) is 0 Å². The molecule has 140 valence electrons. The highest BCUT2D eigenvalue weighted by Crippen LogP contribution is 2.11. The Balaban J connectivity index is 1.79. The van der Waals surface area contributed by atoms with Gasteiger partial charge in [0, 0.05) is 32.2 Å². The summed E-state index contributed by atoms with van der Waals surface area (Å²) in [5.74, 6) is 0.552. The van der Waals surface area contributed by atoms with Crippen LogP contribution < -0.4 is 16.0 Å². The molecule has 2 heterocycles. The summed E-state index contributed by atoms with van der Waals surface area (Å²) < 4.78 is 0. The van der Waals surface area contributed by atoms with Crippen LogP contribution in [0.1, 0.15) is 26.7 Å². The van der Waals surface area contributed by atoms with E-state index in [-0.39, 0.29) is 18.5 Å². The first kappa shape index (κ1) is 19.2. The summed E-state index contributed by atoms with van der Waals surface area (Å²) in [6.45, 7) is 12.7. The molecule has 2 saturated heterocycles. The van der Waals surface area contributed by atoms with Gasteiger partial charge in [-0.1, -0.05) is 12.2 Å². The summed E-state index contributed by atoms with van der Waals surface area (Å²) in [6, 6.07) is 0.0546. The Morgan fingerprint density at radius 3 is 2.64 bits per heavy atom. The van der Waals surface area contributed by atoms with Crippen LogP contribution in [0.3, 0.4) is 0 Å². The third-order valence-corrected chi connectivity index (χ3v) is 4.30. The zero-order chi connectivity index (χ0) is 18.2. The van der Waals surface area contributed by atoms with E-state index in [1.54, 1.807) is 0 Å². The van der Waals surface area contributed by atoms with Crippen molar-refractivity contribution in [1.29, 1.82) is 0 Å². The monoisotopic (exact) mass is 350 g/mol. The minimum absolute atomic E-state index is 0.0869. The minimum Gasteiger partial charge on any atom is -0.357 e. The lowest BCUT2D eigenvalue weighted by atomic mass is 10.0. The second-order valence-corrected chi connectivity index (χ2v) is 6.62. The Morgan fingerprint density at radius 2 is 2.08 bits per heavy atom. The molecule has 2 rings (SSSR count). The molecule has 2 aliphatic rings. The fraction of sp³-hybridized carbons (Fsp3) is 0.706. The molecule has 25 heavy (non-hydrogen) atoms. The molecule has 2 aliphatic heterocycles. The summed E-state index contributed by atoms with van der Waals surface area (Å²) in [5.41, 5.74) is 1.20. The van der Waals surface area contributed by atoms with Gasteiger partial charge in [-0.05, 0) is 26.7 Å². The summed E-state index contributed by atoms with van der Waals surface area (Å²) >= 11 is 0. The van der Waals surface area contributed by atoms with Gasteiger partial charge < -0.3 is 16.0 Å². The van der Waals surface area contributed by atoms with E-state index in [1.165, 1.54) is 10.5 Å². The number of carbonyl (C=O) groups excluding carboxylic acids is 2. The fourth-order valence-corrected chi connectivity index (χ4v) is 3.07. The van der Waals surface area contributed by atoms with Crippen molar-refractivity contribution in [1.82, 2.24) is 25.8 Å². The highest BCUT2D eigenvalue weighted by molar-refractivity contribution is 6.01. The number of piperidine rings is 1. The van der Waals surface area contributed by atoms with Crippen molar-refractivity contribution in [2.24, 2.45) is 4.99 Å². The van der Waals surface area contributed by atoms with E-state index in [4.69, 9.17) is 0 Å². The SMILES string of the molecule is C=C(C)CN1CCC(NC(=NCCN2C(=O)CNC2=O)NCC)CC1. The van der Waals surface area contributed by atoms with Crippen LogP contribution in [-0.2, 0) is 4.79 Å². The summed E-state index contributed by atoms with van der Waals surface area (Å²) in [5, 5.41) is 9.21. The quantitative estimate of drug-likeness (QED) is 0.263. The topological polar surface area (TPSA) is 89.1 Å². The molecule has 0 aliphatic carbocycles. The molecule has 3 amide bonds. The van der Waals surface area contributed by atoms with E-state index >= 15 is 0 Å². The van der Waals surface area contributed by atoms with E-state index in [9.17, 15) is 9.59 Å². The number of guanidine groups is 1. The van der Waals surface area contributed by atoms with Gasteiger partial charge in [-0.3, -0.25) is 19.6 Å². The van der Waals surface area contributed by atoms with Crippen LogP contribution in [0.5, 0.6) is 0 Å². The van der Waals surface area contributed by atoms with Gasteiger partial charge in [0.1, 0.15) is 0 Å². The molecule has 0 saturated carbocycles. The normalized spacial score (nSPS) is 19.9. The Morgan fingerprint density at radius 1 is 1.36 bits per heavy atom. The van der Waals surface area contributed by atoms with Crippen LogP contribution in [0.15, 0.2) is 17.1 Å². The van der Waals surface area contributed by atoms with Crippen molar-refractivity contribution in [2.75, 3.05) is 45.8 Å². The van der Waals surface area contributed by atoms with E-state index in [1.807, 2.05) is 6.92 Å². The number of rotatable bonds is 7. The van der Waals surface area contributed by atoms with Gasteiger partial charge in [-0.2, -0.15) is 0 Å². The van der Waals surface area contributed by atoms with Crippen molar-refractivity contribution in [3.8, 4) is 0 Å². The first-order chi connectivity index (χ1) is 12.0. The number of urea groups is 1. The Bertz CT molecular complexity index is 509. The van der Waals surface area contributed by atoms with Crippen LogP contribution in [0.2, 0.25) is 0 Å². The molecule has 0 radical (unpaired) electrons. The van der Waals surface area contributed by atoms with Gasteiger partial charge in [0.25, 0.3) is 0 Å². The molecular formula is C17H30N6O2. The number of likely N-dealkylation sites (tertiary alicyclic amines) is 1. The molecule has 8 heteroatoms. The second-order valence-electron chi connectivity index (χ2n) is 6.62. The number of aliphatic imine (C=N–C) groups is 1. The van der Waals surface area contributed by atoms with Crippen LogP contribution >= 0.6 is 0 Å². The molecule has 3 N–H and O–H groups in total. The third-order valence-electron chi connectivity index (χ3n) is 4.30. The highest BCUT2D eigenvalue weighted by atomic mass is 16.2. The highest BCUT2D eigenvalue weighted by Gasteiger charge is 2.27. The number of hydrogen-bond donors (Lipinski definition) is 3. The minimum atomic E-state index is -0.331. The fourth-order valence-electron chi connectivity index (χ4n) is 3.07. The molecule has 8 nitrogen and oxygen atoms in total. The molecule has 0 bridgehead atoms. The number of hydrogen-bond acceptors (Lipinski definition) is 4. The standard InChI is InChI=1S/C17H30N6O2/c1-4-18-16(19-7-10-23-15(24)11-20-17(23)25)21-14-5-8-22(9-6-14)12-13(2)3/h14H,2,4-12H2,1,3H3,(H,20,25)(H2,18,19,21).